The van der Waals surface area contributed by atoms with Crippen LogP contribution in [0, 0.1) is 0 Å². The SMILES string of the molecule is CC(C)(c1ccccc1)N(C(=O)c1ccccc1)[C@@H](COCc1ccccc1)C(N)=O. The zero-order valence-corrected chi connectivity index (χ0v) is 17.9. The first-order valence-electron chi connectivity index (χ1n) is 10.3. The summed E-state index contributed by atoms with van der Waals surface area (Å²) in [5, 5.41) is 0. The van der Waals surface area contributed by atoms with E-state index in [9.17, 15) is 9.59 Å². The normalized spacial score (nSPS) is 12.2. The molecule has 3 rings (SSSR count). The fourth-order valence-corrected chi connectivity index (χ4v) is 3.64. The largest absolute Gasteiger partial charge is 0.374 e. The number of benzene rings is 3. The summed E-state index contributed by atoms with van der Waals surface area (Å²) in [5.41, 5.74) is 7.36. The van der Waals surface area contributed by atoms with Gasteiger partial charge in [-0.25, -0.2) is 0 Å². The average molecular weight is 417 g/mol. The number of rotatable bonds is 9. The second-order valence-electron chi connectivity index (χ2n) is 7.89. The molecule has 5 nitrogen and oxygen atoms in total. The van der Waals surface area contributed by atoms with Gasteiger partial charge in [-0.15, -0.1) is 0 Å². The molecule has 5 heteroatoms. The maximum absolute atomic E-state index is 13.6. The first kappa shape index (κ1) is 22.2. The van der Waals surface area contributed by atoms with Gasteiger partial charge in [-0.2, -0.15) is 0 Å². The molecule has 0 heterocycles. The standard InChI is InChI=1S/C26H28N2O3/c1-26(2,22-16-10-5-11-17-22)28(25(30)21-14-8-4-9-15-21)23(24(27)29)19-31-18-20-12-6-3-7-13-20/h3-17,23H,18-19H2,1-2H3,(H2,27,29)/t23-/m0/s1. The van der Waals surface area contributed by atoms with Crippen molar-refractivity contribution < 1.29 is 14.3 Å². The zero-order valence-electron chi connectivity index (χ0n) is 17.9. The summed E-state index contributed by atoms with van der Waals surface area (Å²) in [6, 6.07) is 27.3. The van der Waals surface area contributed by atoms with Gasteiger partial charge in [0.05, 0.1) is 18.8 Å². The molecular formula is C26H28N2O3. The first-order chi connectivity index (χ1) is 14.9. The number of primary amides is 1. The Hall–Kier alpha value is -3.44. The molecular weight excluding hydrogens is 388 g/mol. The van der Waals surface area contributed by atoms with E-state index in [1.54, 1.807) is 29.2 Å². The van der Waals surface area contributed by atoms with E-state index in [1.807, 2.05) is 80.6 Å². The van der Waals surface area contributed by atoms with E-state index in [1.165, 1.54) is 0 Å². The van der Waals surface area contributed by atoms with Crippen LogP contribution in [0.5, 0.6) is 0 Å². The minimum Gasteiger partial charge on any atom is -0.374 e. The third-order valence-corrected chi connectivity index (χ3v) is 5.35. The molecule has 0 aliphatic carbocycles. The molecule has 2 N–H and O–H groups in total. The average Bonchev–Trinajstić information content (AvgIpc) is 2.80. The van der Waals surface area contributed by atoms with Crippen molar-refractivity contribution in [2.24, 2.45) is 5.73 Å². The Bertz CT molecular complexity index is 989. The molecule has 0 fully saturated rings. The van der Waals surface area contributed by atoms with Crippen LogP contribution >= 0.6 is 0 Å². The summed E-state index contributed by atoms with van der Waals surface area (Å²) in [5.74, 6) is -0.886. The zero-order chi connectivity index (χ0) is 22.3. The number of amides is 2. The lowest BCUT2D eigenvalue weighted by molar-refractivity contribution is -0.127. The Kier molecular flexibility index (Phi) is 7.21. The highest BCUT2D eigenvalue weighted by atomic mass is 16.5. The lowest BCUT2D eigenvalue weighted by atomic mass is 9.89. The summed E-state index contributed by atoms with van der Waals surface area (Å²) in [7, 11) is 0. The maximum Gasteiger partial charge on any atom is 0.255 e. The predicted molar refractivity (Wildman–Crippen MR) is 121 cm³/mol. The molecule has 0 radical (unpaired) electrons. The number of nitrogens with two attached hydrogens (primary N) is 1. The summed E-state index contributed by atoms with van der Waals surface area (Å²) in [6.07, 6.45) is 0. The number of hydrogen-bond donors (Lipinski definition) is 1. The maximum atomic E-state index is 13.6. The van der Waals surface area contributed by atoms with Crippen molar-refractivity contribution >= 4 is 11.8 Å². The highest BCUT2D eigenvalue weighted by molar-refractivity contribution is 5.98. The Balaban J connectivity index is 1.94. The molecule has 1 atom stereocenters. The quantitative estimate of drug-likeness (QED) is 0.570. The molecule has 0 aromatic heterocycles. The fourth-order valence-electron chi connectivity index (χ4n) is 3.64. The van der Waals surface area contributed by atoms with Crippen LogP contribution in [0.2, 0.25) is 0 Å². The van der Waals surface area contributed by atoms with Gasteiger partial charge in [0.1, 0.15) is 6.04 Å². The van der Waals surface area contributed by atoms with E-state index in [0.29, 0.717) is 12.2 Å². The first-order valence-corrected chi connectivity index (χ1v) is 10.3. The van der Waals surface area contributed by atoms with E-state index in [4.69, 9.17) is 10.5 Å². The van der Waals surface area contributed by atoms with Gasteiger partial charge in [-0.3, -0.25) is 9.59 Å². The van der Waals surface area contributed by atoms with Gasteiger partial charge in [0, 0.05) is 5.56 Å². The van der Waals surface area contributed by atoms with Crippen molar-refractivity contribution in [1.82, 2.24) is 4.90 Å². The molecule has 0 unspecified atom stereocenters. The molecule has 0 spiro atoms. The van der Waals surface area contributed by atoms with E-state index in [2.05, 4.69) is 0 Å². The Labute approximate surface area is 183 Å². The van der Waals surface area contributed by atoms with Crippen LogP contribution in [0.3, 0.4) is 0 Å². The summed E-state index contributed by atoms with van der Waals surface area (Å²) < 4.78 is 5.85. The van der Waals surface area contributed by atoms with Crippen molar-refractivity contribution in [2.75, 3.05) is 6.61 Å². The molecule has 31 heavy (non-hydrogen) atoms. The number of hydrogen-bond acceptors (Lipinski definition) is 3. The van der Waals surface area contributed by atoms with Gasteiger partial charge in [0.2, 0.25) is 5.91 Å². The highest BCUT2D eigenvalue weighted by Crippen LogP contribution is 2.31. The van der Waals surface area contributed by atoms with E-state index < -0.39 is 17.5 Å². The lowest BCUT2D eigenvalue weighted by Gasteiger charge is -2.43. The molecule has 0 aliphatic heterocycles. The van der Waals surface area contributed by atoms with Crippen LogP contribution in [-0.2, 0) is 21.7 Å². The number of nitrogens with zero attached hydrogens (tertiary/aromatic N) is 1. The fraction of sp³-hybridized carbons (Fsp3) is 0.231. The van der Waals surface area contributed by atoms with Crippen LogP contribution in [0.4, 0.5) is 0 Å². The second kappa shape index (κ2) is 10.0. The minimum atomic E-state index is -0.938. The highest BCUT2D eigenvalue weighted by Gasteiger charge is 2.40. The summed E-state index contributed by atoms with van der Waals surface area (Å²) in [4.78, 5) is 27.7. The summed E-state index contributed by atoms with van der Waals surface area (Å²) >= 11 is 0. The van der Waals surface area contributed by atoms with Crippen molar-refractivity contribution in [1.29, 1.82) is 0 Å². The lowest BCUT2D eigenvalue weighted by Crippen LogP contribution is -2.57. The van der Waals surface area contributed by atoms with Crippen molar-refractivity contribution in [3.05, 3.63) is 108 Å². The minimum absolute atomic E-state index is 0.000928. The predicted octanol–water partition coefficient (Wildman–Crippen LogP) is 4.13. The van der Waals surface area contributed by atoms with Crippen molar-refractivity contribution in [3.63, 3.8) is 0 Å². The van der Waals surface area contributed by atoms with Gasteiger partial charge < -0.3 is 15.4 Å². The molecule has 2 amide bonds. The molecule has 3 aromatic rings. The van der Waals surface area contributed by atoms with E-state index in [0.717, 1.165) is 11.1 Å². The van der Waals surface area contributed by atoms with Gasteiger partial charge in [-0.1, -0.05) is 78.9 Å². The van der Waals surface area contributed by atoms with Crippen LogP contribution in [-0.4, -0.2) is 29.4 Å². The van der Waals surface area contributed by atoms with Crippen LogP contribution < -0.4 is 5.73 Å². The van der Waals surface area contributed by atoms with Crippen LogP contribution in [0.25, 0.3) is 0 Å². The monoisotopic (exact) mass is 416 g/mol. The van der Waals surface area contributed by atoms with Crippen molar-refractivity contribution in [2.45, 2.75) is 32.0 Å². The summed E-state index contributed by atoms with van der Waals surface area (Å²) in [6.45, 7) is 4.15. The Morgan fingerprint density at radius 3 is 1.94 bits per heavy atom. The Morgan fingerprint density at radius 2 is 1.39 bits per heavy atom. The van der Waals surface area contributed by atoms with Gasteiger partial charge in [0.25, 0.3) is 5.91 Å². The third-order valence-electron chi connectivity index (χ3n) is 5.35. The molecule has 3 aromatic carbocycles. The van der Waals surface area contributed by atoms with Gasteiger partial charge >= 0.3 is 0 Å². The second-order valence-corrected chi connectivity index (χ2v) is 7.89. The number of ether oxygens (including phenoxy) is 1. The van der Waals surface area contributed by atoms with Crippen LogP contribution in [0.1, 0.15) is 35.3 Å². The van der Waals surface area contributed by atoms with Crippen LogP contribution in [0.15, 0.2) is 91.0 Å². The Morgan fingerprint density at radius 1 is 0.871 bits per heavy atom. The number of carbonyl (C=O) groups excluding carboxylic acids is 2. The molecule has 160 valence electrons. The van der Waals surface area contributed by atoms with Gasteiger partial charge in [-0.05, 0) is 37.1 Å². The molecule has 0 saturated carbocycles. The van der Waals surface area contributed by atoms with Crippen molar-refractivity contribution in [3.8, 4) is 0 Å². The van der Waals surface area contributed by atoms with E-state index >= 15 is 0 Å². The number of carbonyl (C=O) groups is 2. The smallest absolute Gasteiger partial charge is 0.255 e. The topological polar surface area (TPSA) is 72.6 Å². The molecule has 0 saturated heterocycles. The molecule has 0 aliphatic rings. The third kappa shape index (κ3) is 5.38. The van der Waals surface area contributed by atoms with E-state index in [-0.39, 0.29) is 12.5 Å². The van der Waals surface area contributed by atoms with Gasteiger partial charge in [0.15, 0.2) is 0 Å². The molecule has 0 bridgehead atoms.